The van der Waals surface area contributed by atoms with Crippen LogP contribution in [0.1, 0.15) is 6.42 Å². The molecule has 0 bridgehead atoms. The number of aliphatic hydroxyl groups is 1. The Hall–Kier alpha value is -2.36. The van der Waals surface area contributed by atoms with Crippen LogP contribution in [0.25, 0.3) is 0 Å². The number of carbonyl (C=O) groups excluding carboxylic acids is 4. The van der Waals surface area contributed by atoms with Gasteiger partial charge < -0.3 is 9.99 Å². The molecule has 22 heavy (non-hydrogen) atoms. The van der Waals surface area contributed by atoms with Crippen LogP contribution in [0.5, 0.6) is 0 Å². The van der Waals surface area contributed by atoms with Crippen LogP contribution in [0.2, 0.25) is 0 Å². The predicted octanol–water partition coefficient (Wildman–Crippen LogP) is -2.87. The fourth-order valence-electron chi connectivity index (χ4n) is 1.23. The van der Waals surface area contributed by atoms with Gasteiger partial charge in [0.1, 0.15) is 12.1 Å². The second-order valence-electron chi connectivity index (χ2n) is 3.54. The van der Waals surface area contributed by atoms with E-state index in [0.29, 0.717) is 0 Å². The molecular weight excluding hydrogens is 318 g/mol. The first kappa shape index (κ1) is 19.6. The van der Waals surface area contributed by atoms with Gasteiger partial charge in [-0.05, 0) is 0 Å². The van der Waals surface area contributed by atoms with Gasteiger partial charge >= 0.3 is 23.9 Å². The molecule has 0 heterocycles. The van der Waals surface area contributed by atoms with Crippen LogP contribution in [-0.4, -0.2) is 68.2 Å². The van der Waals surface area contributed by atoms with Crippen LogP contribution in [0.15, 0.2) is 0 Å². The van der Waals surface area contributed by atoms with E-state index in [9.17, 15) is 24.3 Å². The largest absolute Gasteiger partial charge is 0.379 e. The van der Waals surface area contributed by atoms with E-state index >= 15 is 0 Å². The molecule has 0 saturated carbocycles. The van der Waals surface area contributed by atoms with Crippen molar-refractivity contribution in [1.82, 2.24) is 5.32 Å². The van der Waals surface area contributed by atoms with Crippen LogP contribution in [-0.2, 0) is 38.7 Å². The van der Waals surface area contributed by atoms with Crippen LogP contribution >= 0.6 is 0 Å². The van der Waals surface area contributed by atoms with Crippen molar-refractivity contribution in [3.63, 3.8) is 0 Å². The summed E-state index contributed by atoms with van der Waals surface area (Å²) in [6.07, 6.45) is -3.53. The highest BCUT2D eigenvalue weighted by Crippen LogP contribution is 2.05. The van der Waals surface area contributed by atoms with Gasteiger partial charge in [0.15, 0.2) is 6.10 Å². The van der Waals surface area contributed by atoms with Gasteiger partial charge in [0.2, 0.25) is 0 Å². The Balaban J connectivity index is 5.26. The fourth-order valence-corrected chi connectivity index (χ4v) is 1.23. The third kappa shape index (κ3) is 5.56. The molecule has 0 rings (SSSR count). The molecule has 3 atom stereocenters. The minimum atomic E-state index is -2.50. The molecule has 0 aromatic heterocycles. The molecule has 0 aliphatic rings. The zero-order chi connectivity index (χ0) is 17.3. The predicted molar refractivity (Wildman–Crippen MR) is 56.2 cm³/mol. The average Bonchev–Trinajstić information content (AvgIpc) is 2.55. The Bertz CT molecular complexity index is 422. The first-order valence-electron chi connectivity index (χ1n) is 5.16. The van der Waals surface area contributed by atoms with Gasteiger partial charge in [0.25, 0.3) is 0 Å². The van der Waals surface area contributed by atoms with E-state index in [-0.39, 0.29) is 0 Å². The van der Waals surface area contributed by atoms with Crippen molar-refractivity contribution in [2.45, 2.75) is 24.6 Å². The summed E-state index contributed by atoms with van der Waals surface area (Å²) in [7, 11) is 0. The molecule has 0 amide bonds. The van der Waals surface area contributed by atoms with E-state index in [1.165, 1.54) is 0 Å². The number of hydrogen-bond acceptors (Lipinski definition) is 14. The molecule has 14 heteroatoms. The molecule has 0 fully saturated rings. The highest BCUT2D eigenvalue weighted by molar-refractivity contribution is 5.87. The summed E-state index contributed by atoms with van der Waals surface area (Å²) in [5.41, 5.74) is 0. The maximum atomic E-state index is 11.2. The molecular formula is C8H11NO13. The zero-order valence-electron chi connectivity index (χ0n) is 10.4. The third-order valence-electron chi connectivity index (χ3n) is 2.22. The van der Waals surface area contributed by atoms with Crippen molar-refractivity contribution >= 4 is 23.9 Å². The summed E-state index contributed by atoms with van der Waals surface area (Å²) < 4.78 is 0. The minimum Gasteiger partial charge on any atom is -0.379 e. The third-order valence-corrected chi connectivity index (χ3v) is 2.22. The van der Waals surface area contributed by atoms with Crippen molar-refractivity contribution in [2.75, 3.05) is 0 Å². The van der Waals surface area contributed by atoms with E-state index in [1.807, 2.05) is 0 Å². The molecule has 0 spiro atoms. The molecule has 14 nitrogen and oxygen atoms in total. The molecule has 0 aromatic rings. The molecule has 0 aliphatic carbocycles. The SMILES string of the molecule is O=C(CC(NC(C(=O)OO)C(O)C(=O)OO)C(=O)OO)OO. The Labute approximate surface area is 120 Å². The summed E-state index contributed by atoms with van der Waals surface area (Å²) in [6.45, 7) is 0. The summed E-state index contributed by atoms with van der Waals surface area (Å²) in [6, 6.07) is -4.17. The number of hydrogen-bond donors (Lipinski definition) is 6. The lowest BCUT2D eigenvalue weighted by Gasteiger charge is -2.22. The van der Waals surface area contributed by atoms with Gasteiger partial charge in [-0.1, -0.05) is 0 Å². The molecule has 0 aliphatic heterocycles. The Morgan fingerprint density at radius 3 is 1.73 bits per heavy atom. The fraction of sp³-hybridized carbons (Fsp3) is 0.500. The number of carbonyl (C=O) groups is 4. The molecule has 0 radical (unpaired) electrons. The summed E-state index contributed by atoms with van der Waals surface area (Å²) >= 11 is 0. The normalized spacial score (nSPS) is 14.2. The zero-order valence-corrected chi connectivity index (χ0v) is 10.4. The Morgan fingerprint density at radius 2 is 1.32 bits per heavy atom. The highest BCUT2D eigenvalue weighted by Gasteiger charge is 2.39. The molecule has 6 N–H and O–H groups in total. The number of rotatable bonds is 8. The average molecular weight is 329 g/mol. The maximum Gasteiger partial charge on any atom is 0.372 e. The quantitative estimate of drug-likeness (QED) is 0.150. The van der Waals surface area contributed by atoms with E-state index in [4.69, 9.17) is 21.0 Å². The first-order chi connectivity index (χ1) is 10.3. The van der Waals surface area contributed by atoms with Gasteiger partial charge in [-0.15, -0.1) is 0 Å². The van der Waals surface area contributed by atoms with Crippen molar-refractivity contribution < 1.29 is 64.9 Å². The van der Waals surface area contributed by atoms with Crippen LogP contribution < -0.4 is 5.32 Å². The van der Waals surface area contributed by atoms with Crippen molar-refractivity contribution in [1.29, 1.82) is 0 Å². The lowest BCUT2D eigenvalue weighted by atomic mass is 10.1. The first-order valence-corrected chi connectivity index (χ1v) is 5.16. The van der Waals surface area contributed by atoms with Crippen molar-refractivity contribution in [3.8, 4) is 0 Å². The van der Waals surface area contributed by atoms with Gasteiger partial charge in [-0.25, -0.2) is 19.2 Å². The number of nitrogens with one attached hydrogen (secondary N) is 1. The van der Waals surface area contributed by atoms with Crippen LogP contribution in [0.4, 0.5) is 0 Å². The van der Waals surface area contributed by atoms with E-state index < -0.39 is 48.5 Å². The van der Waals surface area contributed by atoms with Crippen molar-refractivity contribution in [2.24, 2.45) is 0 Å². The second-order valence-corrected chi connectivity index (χ2v) is 3.54. The summed E-state index contributed by atoms with van der Waals surface area (Å²) in [4.78, 5) is 57.1. The Morgan fingerprint density at radius 1 is 0.818 bits per heavy atom. The Kier molecular flexibility index (Phi) is 8.53. The monoisotopic (exact) mass is 329 g/mol. The summed E-state index contributed by atoms with van der Waals surface area (Å²) in [5.74, 6) is -6.54. The smallest absolute Gasteiger partial charge is 0.372 e. The van der Waals surface area contributed by atoms with Crippen LogP contribution in [0.3, 0.4) is 0 Å². The minimum absolute atomic E-state index is 1.04. The van der Waals surface area contributed by atoms with Crippen LogP contribution in [0, 0.1) is 0 Å². The lowest BCUT2D eigenvalue weighted by molar-refractivity contribution is -0.253. The maximum absolute atomic E-state index is 11.2. The molecule has 0 saturated heterocycles. The number of aliphatic hydroxyl groups excluding tert-OH is 1. The summed E-state index contributed by atoms with van der Waals surface area (Å²) in [5, 5.41) is 43.8. The van der Waals surface area contributed by atoms with E-state index in [2.05, 4.69) is 19.6 Å². The van der Waals surface area contributed by atoms with Gasteiger partial charge in [0, 0.05) is 0 Å². The molecule has 126 valence electrons. The van der Waals surface area contributed by atoms with E-state index in [0.717, 1.165) is 0 Å². The second kappa shape index (κ2) is 9.55. The standard InChI is InChI=1S/C8H11NO13/c10-3(19-15)1-2(6(12)20-16)9-4(7(13)21-17)5(11)8(14)22-18/h2,4-5,9,11,15-18H,1H2. The van der Waals surface area contributed by atoms with Gasteiger partial charge in [-0.2, -0.15) is 21.0 Å². The molecule has 0 aromatic carbocycles. The van der Waals surface area contributed by atoms with Gasteiger partial charge in [0.05, 0.1) is 6.42 Å². The molecule has 3 unspecified atom stereocenters. The highest BCUT2D eigenvalue weighted by atomic mass is 17.1. The van der Waals surface area contributed by atoms with Crippen molar-refractivity contribution in [3.05, 3.63) is 0 Å². The van der Waals surface area contributed by atoms with Gasteiger partial charge in [-0.3, -0.25) is 20.0 Å². The van der Waals surface area contributed by atoms with E-state index in [1.54, 1.807) is 5.32 Å². The lowest BCUT2D eigenvalue weighted by Crippen LogP contribution is -2.56. The topological polar surface area (TPSA) is 218 Å².